The summed E-state index contributed by atoms with van der Waals surface area (Å²) in [5.41, 5.74) is -0.465. The van der Waals surface area contributed by atoms with Crippen LogP contribution in [0.25, 0.3) is 0 Å². The van der Waals surface area contributed by atoms with Crippen molar-refractivity contribution in [2.24, 2.45) is 0 Å². The number of likely N-dealkylation sites (N-methyl/N-ethyl adjacent to an activating group) is 1. The summed E-state index contributed by atoms with van der Waals surface area (Å²) in [6.45, 7) is 4.17. The van der Waals surface area contributed by atoms with E-state index in [-0.39, 0.29) is 17.7 Å². The van der Waals surface area contributed by atoms with Gasteiger partial charge in [-0.1, -0.05) is 0 Å². The van der Waals surface area contributed by atoms with Gasteiger partial charge in [-0.2, -0.15) is 23.3 Å². The summed E-state index contributed by atoms with van der Waals surface area (Å²) < 4.78 is 40.6. The number of halogens is 3. The number of anilines is 3. The van der Waals surface area contributed by atoms with Crippen LogP contribution in [-0.2, 0) is 16.5 Å². The molecule has 0 bridgehead atoms. The van der Waals surface area contributed by atoms with E-state index < -0.39 is 17.3 Å². The number of carbonyl (C=O) groups is 1. The van der Waals surface area contributed by atoms with E-state index in [4.69, 9.17) is 0 Å². The highest BCUT2D eigenvalue weighted by atomic mass is 19.4. The Kier molecular flexibility index (Phi) is 5.18. The van der Waals surface area contributed by atoms with Crippen molar-refractivity contribution >= 4 is 23.4 Å². The fourth-order valence-corrected chi connectivity index (χ4v) is 3.30. The second-order valence-corrected chi connectivity index (χ2v) is 6.63. The van der Waals surface area contributed by atoms with Crippen LogP contribution in [0.15, 0.2) is 12.4 Å². The summed E-state index contributed by atoms with van der Waals surface area (Å²) in [6.07, 6.45) is -0.0195. The molecule has 0 unspecified atom stereocenters. The van der Waals surface area contributed by atoms with Crippen molar-refractivity contribution in [3.8, 4) is 0 Å². The fourth-order valence-electron chi connectivity index (χ4n) is 3.30. The molecule has 8 nitrogen and oxygen atoms in total. The Morgan fingerprint density at radius 1 is 1.32 bits per heavy atom. The van der Waals surface area contributed by atoms with E-state index in [9.17, 15) is 18.0 Å². The molecule has 0 aromatic carbocycles. The number of nitrogens with one attached hydrogen (secondary N) is 3. The molecule has 0 saturated heterocycles. The van der Waals surface area contributed by atoms with Crippen LogP contribution in [-0.4, -0.2) is 39.2 Å². The molecule has 0 radical (unpaired) electrons. The number of carbonyl (C=O) groups excluding carboxylic acids is 1. The van der Waals surface area contributed by atoms with Crippen molar-refractivity contribution in [1.82, 2.24) is 25.1 Å². The van der Waals surface area contributed by atoms with E-state index in [0.29, 0.717) is 30.8 Å². The van der Waals surface area contributed by atoms with Crippen LogP contribution < -0.4 is 16.0 Å². The number of amides is 1. The molecule has 1 aliphatic carbocycles. The predicted molar refractivity (Wildman–Crippen MR) is 97.3 cm³/mol. The van der Waals surface area contributed by atoms with Crippen LogP contribution >= 0.6 is 0 Å². The summed E-state index contributed by atoms with van der Waals surface area (Å²) in [6, 6.07) is 0. The Morgan fingerprint density at radius 2 is 2.04 bits per heavy atom. The molecular formula is C17H22F3N7O. The third-order valence-corrected chi connectivity index (χ3v) is 4.93. The van der Waals surface area contributed by atoms with Crippen LogP contribution in [0.4, 0.5) is 30.6 Å². The summed E-state index contributed by atoms with van der Waals surface area (Å²) in [5.74, 6) is -0.407. The van der Waals surface area contributed by atoms with E-state index in [1.165, 1.54) is 13.2 Å². The molecule has 2 heterocycles. The maximum atomic E-state index is 13.0. The first kappa shape index (κ1) is 19.9. The molecule has 1 saturated carbocycles. The molecule has 11 heteroatoms. The Labute approximate surface area is 159 Å². The first-order valence-corrected chi connectivity index (χ1v) is 8.95. The Morgan fingerprint density at radius 3 is 2.57 bits per heavy atom. The van der Waals surface area contributed by atoms with Gasteiger partial charge in [0.15, 0.2) is 0 Å². The Balaban J connectivity index is 1.88. The minimum atomic E-state index is -4.55. The third kappa shape index (κ3) is 3.36. The number of nitrogens with zero attached hydrogens (tertiary/aromatic N) is 4. The lowest BCUT2D eigenvalue weighted by Crippen LogP contribution is -2.54. The minimum Gasteiger partial charge on any atom is -0.372 e. The lowest BCUT2D eigenvalue weighted by Gasteiger charge is -2.41. The number of rotatable bonds is 6. The summed E-state index contributed by atoms with van der Waals surface area (Å²) in [4.78, 5) is 20.2. The van der Waals surface area contributed by atoms with Crippen LogP contribution in [0.3, 0.4) is 0 Å². The molecule has 152 valence electrons. The highest BCUT2D eigenvalue weighted by Gasteiger charge is 2.47. The van der Waals surface area contributed by atoms with Gasteiger partial charge in [-0.05, 0) is 33.1 Å². The van der Waals surface area contributed by atoms with Gasteiger partial charge in [0.2, 0.25) is 11.9 Å². The maximum absolute atomic E-state index is 13.0. The van der Waals surface area contributed by atoms with Gasteiger partial charge in [0.1, 0.15) is 16.9 Å². The molecule has 1 amide bonds. The van der Waals surface area contributed by atoms with Crippen molar-refractivity contribution in [1.29, 1.82) is 0 Å². The predicted octanol–water partition coefficient (Wildman–Crippen LogP) is 2.80. The smallest absolute Gasteiger partial charge is 0.372 e. The largest absolute Gasteiger partial charge is 0.421 e. The monoisotopic (exact) mass is 397 g/mol. The van der Waals surface area contributed by atoms with Crippen LogP contribution in [0, 0.1) is 6.92 Å². The fraction of sp³-hybridized carbons (Fsp3) is 0.529. The lowest BCUT2D eigenvalue weighted by atomic mass is 9.76. The Bertz CT molecular complexity index is 874. The van der Waals surface area contributed by atoms with Crippen molar-refractivity contribution in [3.63, 3.8) is 0 Å². The molecule has 3 rings (SSSR count). The summed E-state index contributed by atoms with van der Waals surface area (Å²) >= 11 is 0. The van der Waals surface area contributed by atoms with Gasteiger partial charge in [-0.15, -0.1) is 0 Å². The number of hydrogen-bond acceptors (Lipinski definition) is 6. The quantitative estimate of drug-likeness (QED) is 0.694. The van der Waals surface area contributed by atoms with Gasteiger partial charge in [0, 0.05) is 19.8 Å². The van der Waals surface area contributed by atoms with Crippen LogP contribution in [0.5, 0.6) is 0 Å². The standard InChI is InChI=1S/C17H22F3N7O/c1-4-22-14(28)16(6-5-7-16)27-10(2)12(9-24-27)25-15-23-8-11(17(18,19)20)13(21-3)26-15/h8-9H,4-7H2,1-3H3,(H,22,28)(H2,21,23,25,26). The Hall–Kier alpha value is -2.85. The van der Waals surface area contributed by atoms with E-state index >= 15 is 0 Å². The van der Waals surface area contributed by atoms with Gasteiger partial charge in [-0.3, -0.25) is 9.48 Å². The van der Waals surface area contributed by atoms with Gasteiger partial charge in [0.05, 0.1) is 17.6 Å². The van der Waals surface area contributed by atoms with Gasteiger partial charge in [-0.25, -0.2) is 4.98 Å². The molecule has 0 aliphatic heterocycles. The average Bonchev–Trinajstić information content (AvgIpc) is 2.94. The summed E-state index contributed by atoms with van der Waals surface area (Å²) in [5, 5.41) is 12.5. The van der Waals surface area contributed by atoms with Gasteiger partial charge < -0.3 is 16.0 Å². The van der Waals surface area contributed by atoms with Crippen molar-refractivity contribution in [3.05, 3.63) is 23.7 Å². The zero-order valence-corrected chi connectivity index (χ0v) is 15.8. The van der Waals surface area contributed by atoms with E-state index in [1.54, 1.807) is 11.6 Å². The number of aromatic nitrogens is 4. The molecule has 1 fully saturated rings. The summed E-state index contributed by atoms with van der Waals surface area (Å²) in [7, 11) is 1.36. The molecule has 3 N–H and O–H groups in total. The van der Waals surface area contributed by atoms with E-state index in [1.807, 2.05) is 6.92 Å². The highest BCUT2D eigenvalue weighted by molar-refractivity contribution is 5.85. The van der Waals surface area contributed by atoms with E-state index in [0.717, 1.165) is 12.6 Å². The van der Waals surface area contributed by atoms with Crippen molar-refractivity contribution in [2.75, 3.05) is 24.2 Å². The van der Waals surface area contributed by atoms with Crippen molar-refractivity contribution < 1.29 is 18.0 Å². The first-order chi connectivity index (χ1) is 13.2. The third-order valence-electron chi connectivity index (χ3n) is 4.93. The van der Waals surface area contributed by atoms with Crippen LogP contribution in [0.1, 0.15) is 37.4 Å². The molecule has 1 aliphatic rings. The van der Waals surface area contributed by atoms with Crippen molar-refractivity contribution in [2.45, 2.75) is 44.8 Å². The van der Waals surface area contributed by atoms with Crippen LogP contribution in [0.2, 0.25) is 0 Å². The van der Waals surface area contributed by atoms with Gasteiger partial charge in [0.25, 0.3) is 0 Å². The second kappa shape index (κ2) is 7.28. The molecule has 2 aromatic heterocycles. The maximum Gasteiger partial charge on any atom is 0.421 e. The molecular weight excluding hydrogens is 375 g/mol. The number of alkyl halides is 3. The topological polar surface area (TPSA) is 96.8 Å². The molecule has 0 atom stereocenters. The molecule has 28 heavy (non-hydrogen) atoms. The molecule has 0 spiro atoms. The average molecular weight is 397 g/mol. The first-order valence-electron chi connectivity index (χ1n) is 8.95. The molecule has 2 aromatic rings. The normalized spacial score (nSPS) is 15.6. The second-order valence-electron chi connectivity index (χ2n) is 6.63. The zero-order chi connectivity index (χ0) is 20.5. The number of hydrogen-bond donors (Lipinski definition) is 3. The highest BCUT2D eigenvalue weighted by Crippen LogP contribution is 2.41. The lowest BCUT2D eigenvalue weighted by molar-refractivity contribution is -0.137. The van der Waals surface area contributed by atoms with E-state index in [2.05, 4.69) is 31.0 Å². The minimum absolute atomic E-state index is 0.000620. The SMILES string of the molecule is CCNC(=O)C1(n2ncc(Nc3ncc(C(F)(F)F)c(NC)n3)c2C)CCC1. The zero-order valence-electron chi connectivity index (χ0n) is 15.8. The van der Waals surface area contributed by atoms with Gasteiger partial charge >= 0.3 is 6.18 Å².